The molecule has 0 saturated heterocycles. The molecule has 150 valence electrons. The minimum absolute atomic E-state index is 0.0243. The Morgan fingerprint density at radius 3 is 2.36 bits per heavy atom. The summed E-state index contributed by atoms with van der Waals surface area (Å²) < 4.78 is 0. The molecule has 0 spiro atoms. The molecule has 0 atom stereocenters. The molecule has 2 aromatic carbocycles. The number of hydrogen-bond donors (Lipinski definition) is 3. The summed E-state index contributed by atoms with van der Waals surface area (Å²) in [6, 6.07) is 14.3. The zero-order valence-electron chi connectivity index (χ0n) is 17.3. The van der Waals surface area contributed by atoms with E-state index in [2.05, 4.69) is 52.3 Å². The maximum atomic E-state index is 11.8. The average molecular weight is 399 g/mol. The van der Waals surface area contributed by atoms with Gasteiger partial charge in [0.25, 0.3) is 0 Å². The molecule has 0 saturated carbocycles. The number of carbonyl (C=O) groups excluding carboxylic acids is 1. The molecule has 0 unspecified atom stereocenters. The number of aliphatic imine (C=N–C) groups is 1. The number of benzene rings is 2. The van der Waals surface area contributed by atoms with Crippen molar-refractivity contribution in [3.05, 3.63) is 59.2 Å². The van der Waals surface area contributed by atoms with Crippen LogP contribution in [0, 0.1) is 12.8 Å². The van der Waals surface area contributed by atoms with Crippen molar-refractivity contribution in [2.45, 2.75) is 38.8 Å². The number of rotatable bonds is 7. The van der Waals surface area contributed by atoms with Crippen molar-refractivity contribution in [1.82, 2.24) is 10.6 Å². The van der Waals surface area contributed by atoms with Gasteiger partial charge in [-0.15, -0.1) is 11.8 Å². The number of nitrogens with one attached hydrogen (secondary N) is 3. The number of nitrogens with zero attached hydrogens (tertiary/aromatic N) is 1. The van der Waals surface area contributed by atoms with Crippen LogP contribution >= 0.6 is 11.8 Å². The van der Waals surface area contributed by atoms with E-state index < -0.39 is 0 Å². The lowest BCUT2D eigenvalue weighted by atomic mass is 10.1. The summed E-state index contributed by atoms with van der Waals surface area (Å²) in [6.45, 7) is 7.24. The monoisotopic (exact) mass is 398 g/mol. The van der Waals surface area contributed by atoms with Crippen LogP contribution in [0.5, 0.6) is 0 Å². The summed E-state index contributed by atoms with van der Waals surface area (Å²) in [5, 5.41) is 9.60. The number of hydrogen-bond acceptors (Lipinski definition) is 3. The molecule has 1 amide bonds. The summed E-state index contributed by atoms with van der Waals surface area (Å²) >= 11 is 1.76. The first-order chi connectivity index (χ1) is 13.4. The van der Waals surface area contributed by atoms with E-state index in [0.29, 0.717) is 6.54 Å². The van der Waals surface area contributed by atoms with Gasteiger partial charge in [-0.05, 0) is 48.1 Å². The molecule has 28 heavy (non-hydrogen) atoms. The van der Waals surface area contributed by atoms with Crippen molar-refractivity contribution in [3.8, 4) is 0 Å². The Labute approximate surface area is 172 Å². The van der Waals surface area contributed by atoms with Gasteiger partial charge in [0.2, 0.25) is 5.91 Å². The number of aryl methyl sites for hydroxylation is 1. The first-order valence-corrected chi connectivity index (χ1v) is 10.6. The summed E-state index contributed by atoms with van der Waals surface area (Å²) in [6.07, 6.45) is 2.10. The molecule has 5 nitrogen and oxygen atoms in total. The van der Waals surface area contributed by atoms with Gasteiger partial charge in [-0.1, -0.05) is 38.1 Å². The van der Waals surface area contributed by atoms with Crippen LogP contribution in [0.15, 0.2) is 52.4 Å². The quantitative estimate of drug-likeness (QED) is 0.372. The highest BCUT2D eigenvalue weighted by atomic mass is 32.2. The fraction of sp³-hybridized carbons (Fsp3) is 0.364. The highest BCUT2D eigenvalue weighted by molar-refractivity contribution is 7.98. The molecule has 2 aromatic rings. The molecular formula is C22H30N4OS. The molecule has 0 radical (unpaired) electrons. The predicted molar refractivity (Wildman–Crippen MR) is 120 cm³/mol. The summed E-state index contributed by atoms with van der Waals surface area (Å²) in [7, 11) is 1.77. The van der Waals surface area contributed by atoms with E-state index in [1.165, 1.54) is 16.0 Å². The highest BCUT2D eigenvalue weighted by Crippen LogP contribution is 2.21. The van der Waals surface area contributed by atoms with Crippen molar-refractivity contribution in [1.29, 1.82) is 0 Å². The molecule has 0 aliphatic rings. The molecule has 0 fully saturated rings. The maximum Gasteiger partial charge on any atom is 0.226 e. The fourth-order valence-electron chi connectivity index (χ4n) is 2.58. The predicted octanol–water partition coefficient (Wildman–Crippen LogP) is 4.18. The SMILES string of the molecule is CN=C(NCc1ccc(NC(=O)C(C)C)cc1)NCc1ccc(C)cc1SC. The molecule has 0 aliphatic carbocycles. The van der Waals surface area contributed by atoms with Gasteiger partial charge >= 0.3 is 0 Å². The Bertz CT molecular complexity index is 816. The molecule has 2 rings (SSSR count). The normalized spacial score (nSPS) is 11.4. The molecule has 3 N–H and O–H groups in total. The van der Waals surface area contributed by atoms with Crippen molar-refractivity contribution < 1.29 is 4.79 Å². The number of carbonyl (C=O) groups is 1. The van der Waals surface area contributed by atoms with E-state index in [1.807, 2.05) is 38.1 Å². The van der Waals surface area contributed by atoms with Crippen molar-refractivity contribution in [2.24, 2.45) is 10.9 Å². The van der Waals surface area contributed by atoms with E-state index in [9.17, 15) is 4.79 Å². The third kappa shape index (κ3) is 6.60. The third-order valence-corrected chi connectivity index (χ3v) is 5.14. The van der Waals surface area contributed by atoms with Gasteiger partial charge in [0.1, 0.15) is 0 Å². The molecule has 0 heterocycles. The summed E-state index contributed by atoms with van der Waals surface area (Å²) in [4.78, 5) is 17.3. The van der Waals surface area contributed by atoms with Crippen LogP contribution in [0.1, 0.15) is 30.5 Å². The van der Waals surface area contributed by atoms with Crippen LogP contribution in [-0.2, 0) is 17.9 Å². The van der Waals surface area contributed by atoms with Crippen molar-refractivity contribution >= 4 is 29.3 Å². The van der Waals surface area contributed by atoms with Crippen molar-refractivity contribution in [2.75, 3.05) is 18.6 Å². The van der Waals surface area contributed by atoms with Crippen LogP contribution < -0.4 is 16.0 Å². The first kappa shape index (κ1) is 21.8. The lowest BCUT2D eigenvalue weighted by molar-refractivity contribution is -0.118. The first-order valence-electron chi connectivity index (χ1n) is 9.40. The van der Waals surface area contributed by atoms with Crippen LogP contribution in [0.2, 0.25) is 0 Å². The minimum atomic E-state index is -0.0316. The Hall–Kier alpha value is -2.47. The number of guanidine groups is 1. The van der Waals surface area contributed by atoms with E-state index in [-0.39, 0.29) is 11.8 Å². The largest absolute Gasteiger partial charge is 0.352 e. The van der Waals surface area contributed by atoms with Gasteiger partial charge in [0.15, 0.2) is 5.96 Å². The lowest BCUT2D eigenvalue weighted by Gasteiger charge is -2.14. The van der Waals surface area contributed by atoms with E-state index in [0.717, 1.165) is 23.8 Å². The van der Waals surface area contributed by atoms with E-state index in [4.69, 9.17) is 0 Å². The van der Waals surface area contributed by atoms with Gasteiger partial charge in [-0.2, -0.15) is 0 Å². The van der Waals surface area contributed by atoms with Gasteiger partial charge in [0.05, 0.1) is 0 Å². The fourth-order valence-corrected chi connectivity index (χ4v) is 3.28. The van der Waals surface area contributed by atoms with Crippen LogP contribution in [0.3, 0.4) is 0 Å². The highest BCUT2D eigenvalue weighted by Gasteiger charge is 2.07. The van der Waals surface area contributed by atoms with Crippen LogP contribution in [0.4, 0.5) is 5.69 Å². The Morgan fingerprint density at radius 1 is 1.07 bits per heavy atom. The Balaban J connectivity index is 1.88. The molecular weight excluding hydrogens is 368 g/mol. The van der Waals surface area contributed by atoms with Gasteiger partial charge in [0, 0.05) is 36.6 Å². The molecule has 0 bridgehead atoms. The number of anilines is 1. The van der Waals surface area contributed by atoms with Gasteiger partial charge in [-0.25, -0.2) is 0 Å². The molecule has 0 aromatic heterocycles. The Morgan fingerprint density at radius 2 is 1.75 bits per heavy atom. The smallest absolute Gasteiger partial charge is 0.226 e. The van der Waals surface area contributed by atoms with Crippen LogP contribution in [-0.4, -0.2) is 25.2 Å². The zero-order valence-corrected chi connectivity index (χ0v) is 18.1. The molecule has 0 aliphatic heterocycles. The van der Waals surface area contributed by atoms with Crippen molar-refractivity contribution in [3.63, 3.8) is 0 Å². The second-order valence-electron chi connectivity index (χ2n) is 6.94. The van der Waals surface area contributed by atoms with E-state index >= 15 is 0 Å². The molecule has 6 heteroatoms. The second-order valence-corrected chi connectivity index (χ2v) is 7.78. The Kier molecular flexibility index (Phi) is 8.39. The maximum absolute atomic E-state index is 11.8. The summed E-state index contributed by atoms with van der Waals surface area (Å²) in [5.74, 6) is 0.747. The number of thioether (sulfide) groups is 1. The average Bonchev–Trinajstić information content (AvgIpc) is 2.69. The number of amides is 1. The van der Waals surface area contributed by atoms with Crippen LogP contribution in [0.25, 0.3) is 0 Å². The topological polar surface area (TPSA) is 65.5 Å². The second kappa shape index (κ2) is 10.8. The van der Waals surface area contributed by atoms with Gasteiger partial charge in [-0.3, -0.25) is 9.79 Å². The summed E-state index contributed by atoms with van der Waals surface area (Å²) in [5.41, 5.74) is 4.45. The lowest BCUT2D eigenvalue weighted by Crippen LogP contribution is -2.36. The minimum Gasteiger partial charge on any atom is -0.352 e. The van der Waals surface area contributed by atoms with Gasteiger partial charge < -0.3 is 16.0 Å². The van der Waals surface area contributed by atoms with E-state index in [1.54, 1.807) is 18.8 Å². The zero-order chi connectivity index (χ0) is 20.5. The third-order valence-electron chi connectivity index (χ3n) is 4.32. The standard InChI is InChI=1S/C22H30N4OS/c1-15(2)21(27)26-19-10-7-17(8-11-19)13-24-22(23-4)25-14-18-9-6-16(3)12-20(18)28-5/h6-12,15H,13-14H2,1-5H3,(H,26,27)(H2,23,24,25).